The molecule has 1 aromatic carbocycles. The van der Waals surface area contributed by atoms with Gasteiger partial charge in [-0.05, 0) is 30.5 Å². The minimum atomic E-state index is -0.337. The third-order valence-electron chi connectivity index (χ3n) is 2.65. The lowest BCUT2D eigenvalue weighted by atomic mass is 9.97. The number of hydrogen-bond acceptors (Lipinski definition) is 2. The predicted octanol–water partition coefficient (Wildman–Crippen LogP) is 1.34. The van der Waals surface area contributed by atoms with Crippen LogP contribution in [0.3, 0.4) is 0 Å². The quantitative estimate of drug-likeness (QED) is 0.697. The molecule has 1 aliphatic rings. The van der Waals surface area contributed by atoms with E-state index in [1.807, 2.05) is 32.0 Å². The number of aryl methyl sites for hydroxylation is 1. The monoisotopic (exact) mass is 201 g/mol. The molecule has 1 aliphatic heterocycles. The zero-order chi connectivity index (χ0) is 11.0. The summed E-state index contributed by atoms with van der Waals surface area (Å²) >= 11 is 0. The molecule has 2 rings (SSSR count). The molecular weight excluding hydrogens is 190 g/mol. The van der Waals surface area contributed by atoms with Crippen molar-refractivity contribution < 1.29 is 9.59 Å². The van der Waals surface area contributed by atoms with E-state index in [-0.39, 0.29) is 11.8 Å². The summed E-state index contributed by atoms with van der Waals surface area (Å²) in [4.78, 5) is 22.5. The lowest BCUT2D eigenvalue weighted by Crippen LogP contribution is -2.21. The van der Waals surface area contributed by atoms with Crippen LogP contribution in [0.4, 0.5) is 0 Å². The Balaban J connectivity index is 2.56. The van der Waals surface area contributed by atoms with Gasteiger partial charge in [0.1, 0.15) is 0 Å². The van der Waals surface area contributed by atoms with Crippen LogP contribution in [0, 0.1) is 13.8 Å². The summed E-state index contributed by atoms with van der Waals surface area (Å²) < 4.78 is 0. The summed E-state index contributed by atoms with van der Waals surface area (Å²) in [5.74, 6) is -0.649. The van der Waals surface area contributed by atoms with Crippen LogP contribution >= 0.6 is 0 Å². The molecule has 76 valence electrons. The average molecular weight is 201 g/mol. The fraction of sp³-hybridized carbons (Fsp3) is 0.167. The first-order valence-corrected chi connectivity index (χ1v) is 4.73. The van der Waals surface area contributed by atoms with Gasteiger partial charge >= 0.3 is 0 Å². The zero-order valence-corrected chi connectivity index (χ0v) is 8.63. The lowest BCUT2D eigenvalue weighted by Gasteiger charge is -2.07. The van der Waals surface area contributed by atoms with Crippen LogP contribution in [0.1, 0.15) is 16.7 Å². The lowest BCUT2D eigenvalue weighted by molar-refractivity contribution is -0.123. The molecule has 0 saturated heterocycles. The molecule has 1 aromatic rings. The van der Waals surface area contributed by atoms with Crippen LogP contribution in [0.2, 0.25) is 0 Å². The molecule has 0 saturated carbocycles. The van der Waals surface area contributed by atoms with Crippen LogP contribution in [0.25, 0.3) is 5.57 Å². The number of carbonyl (C=O) groups is 2. The standard InChI is InChI=1S/C12H11NO2/c1-7-4-3-5-9(8(7)2)10-6-11(14)13-12(10)15/h3-6H,1-2H3,(H,13,14,15). The second-order valence-corrected chi connectivity index (χ2v) is 3.62. The summed E-state index contributed by atoms with van der Waals surface area (Å²) in [5, 5.41) is 2.24. The van der Waals surface area contributed by atoms with Crippen molar-refractivity contribution in [1.29, 1.82) is 0 Å². The van der Waals surface area contributed by atoms with Gasteiger partial charge in [-0.2, -0.15) is 0 Å². The third kappa shape index (κ3) is 1.56. The largest absolute Gasteiger partial charge is 0.289 e. The molecule has 1 heterocycles. The molecule has 0 aliphatic carbocycles. The van der Waals surface area contributed by atoms with E-state index in [1.54, 1.807) is 0 Å². The Labute approximate surface area is 87.8 Å². The normalized spacial score (nSPS) is 15.2. The van der Waals surface area contributed by atoms with Crippen molar-refractivity contribution in [2.75, 3.05) is 0 Å². The molecule has 0 fully saturated rings. The molecule has 0 radical (unpaired) electrons. The van der Waals surface area contributed by atoms with E-state index < -0.39 is 0 Å². The fourth-order valence-corrected chi connectivity index (χ4v) is 1.65. The number of amides is 2. The maximum atomic E-state index is 11.4. The minimum Gasteiger partial charge on any atom is -0.289 e. The van der Waals surface area contributed by atoms with Gasteiger partial charge in [0.2, 0.25) is 0 Å². The number of rotatable bonds is 1. The molecule has 0 bridgehead atoms. The minimum absolute atomic E-state index is 0.311. The molecule has 15 heavy (non-hydrogen) atoms. The van der Waals surface area contributed by atoms with Gasteiger partial charge in [-0.3, -0.25) is 14.9 Å². The average Bonchev–Trinajstić information content (AvgIpc) is 2.50. The van der Waals surface area contributed by atoms with E-state index >= 15 is 0 Å². The Bertz CT molecular complexity index is 486. The Kier molecular flexibility index (Phi) is 2.15. The van der Waals surface area contributed by atoms with Crippen molar-refractivity contribution in [2.24, 2.45) is 0 Å². The van der Waals surface area contributed by atoms with Crippen molar-refractivity contribution >= 4 is 17.4 Å². The van der Waals surface area contributed by atoms with E-state index in [1.165, 1.54) is 6.08 Å². The Morgan fingerprint density at radius 2 is 1.87 bits per heavy atom. The number of benzene rings is 1. The van der Waals surface area contributed by atoms with Crippen LogP contribution in [-0.4, -0.2) is 11.8 Å². The van der Waals surface area contributed by atoms with Gasteiger partial charge in [0.15, 0.2) is 0 Å². The molecule has 0 atom stereocenters. The van der Waals surface area contributed by atoms with Crippen molar-refractivity contribution in [3.05, 3.63) is 41.0 Å². The van der Waals surface area contributed by atoms with Crippen molar-refractivity contribution in [3.63, 3.8) is 0 Å². The maximum absolute atomic E-state index is 11.4. The summed E-state index contributed by atoms with van der Waals surface area (Å²) in [5.41, 5.74) is 3.44. The van der Waals surface area contributed by atoms with Crippen LogP contribution in [0.5, 0.6) is 0 Å². The van der Waals surface area contributed by atoms with Gasteiger partial charge in [0.05, 0.1) is 5.57 Å². The molecule has 2 amide bonds. The van der Waals surface area contributed by atoms with Crippen molar-refractivity contribution in [2.45, 2.75) is 13.8 Å². The van der Waals surface area contributed by atoms with Gasteiger partial charge in [-0.1, -0.05) is 18.2 Å². The summed E-state index contributed by atoms with van der Waals surface area (Å²) in [6, 6.07) is 5.72. The van der Waals surface area contributed by atoms with Gasteiger partial charge in [-0.15, -0.1) is 0 Å². The van der Waals surface area contributed by atoms with E-state index in [0.29, 0.717) is 5.57 Å². The summed E-state index contributed by atoms with van der Waals surface area (Å²) in [6.45, 7) is 3.93. The van der Waals surface area contributed by atoms with Gasteiger partial charge in [0.25, 0.3) is 11.8 Å². The highest BCUT2D eigenvalue weighted by atomic mass is 16.2. The van der Waals surface area contributed by atoms with Crippen LogP contribution in [0.15, 0.2) is 24.3 Å². The smallest absolute Gasteiger partial charge is 0.258 e. The van der Waals surface area contributed by atoms with E-state index in [9.17, 15) is 9.59 Å². The van der Waals surface area contributed by atoms with E-state index in [4.69, 9.17) is 0 Å². The summed E-state index contributed by atoms with van der Waals surface area (Å²) in [7, 11) is 0. The molecule has 0 spiro atoms. The van der Waals surface area contributed by atoms with E-state index in [2.05, 4.69) is 5.32 Å². The molecule has 0 unspecified atom stereocenters. The van der Waals surface area contributed by atoms with Crippen LogP contribution in [-0.2, 0) is 9.59 Å². The topological polar surface area (TPSA) is 46.2 Å². The SMILES string of the molecule is Cc1cccc(C2=CC(=O)NC2=O)c1C. The molecule has 1 N–H and O–H groups in total. The first-order valence-electron chi connectivity index (χ1n) is 4.73. The Hall–Kier alpha value is -1.90. The number of carbonyl (C=O) groups excluding carboxylic acids is 2. The second kappa shape index (κ2) is 3.35. The second-order valence-electron chi connectivity index (χ2n) is 3.62. The van der Waals surface area contributed by atoms with Crippen LogP contribution < -0.4 is 5.32 Å². The molecule has 0 aromatic heterocycles. The first kappa shape index (κ1) is 9.65. The van der Waals surface area contributed by atoms with Gasteiger partial charge in [-0.25, -0.2) is 0 Å². The maximum Gasteiger partial charge on any atom is 0.258 e. The van der Waals surface area contributed by atoms with Gasteiger partial charge in [0, 0.05) is 6.08 Å². The number of nitrogens with one attached hydrogen (secondary N) is 1. The highest BCUT2D eigenvalue weighted by Gasteiger charge is 2.23. The molecule has 3 nitrogen and oxygen atoms in total. The molecular formula is C12H11NO2. The zero-order valence-electron chi connectivity index (χ0n) is 8.63. The summed E-state index contributed by atoms with van der Waals surface area (Å²) in [6.07, 6.45) is 1.35. The first-order chi connectivity index (χ1) is 7.09. The highest BCUT2D eigenvalue weighted by Crippen LogP contribution is 2.23. The van der Waals surface area contributed by atoms with Crippen molar-refractivity contribution in [3.8, 4) is 0 Å². The Morgan fingerprint density at radius 1 is 1.13 bits per heavy atom. The third-order valence-corrected chi connectivity index (χ3v) is 2.65. The fourth-order valence-electron chi connectivity index (χ4n) is 1.65. The van der Waals surface area contributed by atoms with Crippen molar-refractivity contribution in [1.82, 2.24) is 5.32 Å². The Morgan fingerprint density at radius 3 is 2.47 bits per heavy atom. The number of imide groups is 1. The van der Waals surface area contributed by atoms with Gasteiger partial charge < -0.3 is 0 Å². The molecule has 3 heteroatoms. The number of hydrogen-bond donors (Lipinski definition) is 1. The van der Waals surface area contributed by atoms with E-state index in [0.717, 1.165) is 16.7 Å². The predicted molar refractivity (Wildman–Crippen MR) is 57.0 cm³/mol. The highest BCUT2D eigenvalue weighted by molar-refractivity contribution is 6.33.